The summed E-state index contributed by atoms with van der Waals surface area (Å²) in [6.45, 7) is 0. The minimum absolute atomic E-state index is 0.454. The molecule has 0 amide bonds. The maximum atomic E-state index is 11.0. The van der Waals surface area contributed by atoms with E-state index in [2.05, 4.69) is 10.1 Å². The van der Waals surface area contributed by atoms with Gasteiger partial charge < -0.3 is 5.11 Å². The molecule has 100 valence electrons. The van der Waals surface area contributed by atoms with Crippen LogP contribution in [0.1, 0.15) is 10.5 Å². The number of hydrogen-bond acceptors (Lipinski definition) is 5. The largest absolute Gasteiger partial charge is 0.476 e. The van der Waals surface area contributed by atoms with Crippen molar-refractivity contribution in [3.63, 3.8) is 0 Å². The molecular formula is C11H7N5O4. The number of nitro groups is 1. The molecule has 0 saturated carbocycles. The lowest BCUT2D eigenvalue weighted by molar-refractivity contribution is -0.385. The highest BCUT2D eigenvalue weighted by atomic mass is 16.6. The van der Waals surface area contributed by atoms with Crippen molar-refractivity contribution in [2.24, 2.45) is 0 Å². The Morgan fingerprint density at radius 3 is 2.85 bits per heavy atom. The molecule has 0 atom stereocenters. The molecule has 3 rings (SSSR count). The molecule has 0 bridgehead atoms. The number of aromatic carboxylic acids is 1. The molecule has 20 heavy (non-hydrogen) atoms. The van der Waals surface area contributed by atoms with E-state index in [9.17, 15) is 14.9 Å². The normalized spacial score (nSPS) is 10.8. The van der Waals surface area contributed by atoms with Gasteiger partial charge >= 0.3 is 11.7 Å². The SMILES string of the molecule is O=C(O)c1nn(-c2cccc3nccn23)cc1[N+](=O)[O-]. The number of imidazole rings is 1. The average Bonchev–Trinajstić information content (AvgIpc) is 3.04. The summed E-state index contributed by atoms with van der Waals surface area (Å²) in [5, 5.41) is 23.6. The molecule has 0 aliphatic carbocycles. The van der Waals surface area contributed by atoms with Crippen LogP contribution in [0, 0.1) is 10.1 Å². The van der Waals surface area contributed by atoms with Gasteiger partial charge in [0.2, 0.25) is 5.69 Å². The molecule has 0 aromatic carbocycles. The molecule has 0 unspecified atom stereocenters. The number of carbonyl (C=O) groups is 1. The van der Waals surface area contributed by atoms with Gasteiger partial charge in [-0.2, -0.15) is 5.10 Å². The van der Waals surface area contributed by atoms with Crippen LogP contribution in [0.15, 0.2) is 36.8 Å². The van der Waals surface area contributed by atoms with Crippen molar-refractivity contribution in [3.8, 4) is 5.82 Å². The molecule has 3 aromatic heterocycles. The predicted octanol–water partition coefficient (Wildman–Crippen LogP) is 1.13. The summed E-state index contributed by atoms with van der Waals surface area (Å²) >= 11 is 0. The lowest BCUT2D eigenvalue weighted by Crippen LogP contribution is -2.05. The first kappa shape index (κ1) is 11.8. The van der Waals surface area contributed by atoms with Crippen molar-refractivity contribution in [1.82, 2.24) is 19.2 Å². The van der Waals surface area contributed by atoms with Gasteiger partial charge in [-0.3, -0.25) is 14.5 Å². The molecule has 3 aromatic rings. The van der Waals surface area contributed by atoms with Gasteiger partial charge in [0.15, 0.2) is 0 Å². The first-order chi connectivity index (χ1) is 9.58. The summed E-state index contributed by atoms with van der Waals surface area (Å²) < 4.78 is 2.79. The van der Waals surface area contributed by atoms with Gasteiger partial charge in [0, 0.05) is 12.4 Å². The van der Waals surface area contributed by atoms with Crippen molar-refractivity contribution < 1.29 is 14.8 Å². The summed E-state index contributed by atoms with van der Waals surface area (Å²) in [5.74, 6) is -0.996. The van der Waals surface area contributed by atoms with Crippen molar-refractivity contribution >= 4 is 17.3 Å². The van der Waals surface area contributed by atoms with Gasteiger partial charge in [-0.1, -0.05) is 6.07 Å². The van der Waals surface area contributed by atoms with Crippen LogP contribution in [0.4, 0.5) is 5.69 Å². The van der Waals surface area contributed by atoms with Gasteiger partial charge in [-0.15, -0.1) is 0 Å². The lowest BCUT2D eigenvalue weighted by Gasteiger charge is -2.03. The molecule has 0 radical (unpaired) electrons. The van der Waals surface area contributed by atoms with Crippen molar-refractivity contribution in [2.75, 3.05) is 0 Å². The maximum absolute atomic E-state index is 11.0. The van der Waals surface area contributed by atoms with Crippen molar-refractivity contribution in [1.29, 1.82) is 0 Å². The van der Waals surface area contributed by atoms with Gasteiger partial charge in [0.05, 0.1) is 4.92 Å². The Balaban J connectivity index is 2.25. The Hall–Kier alpha value is -3.23. The monoisotopic (exact) mass is 273 g/mol. The Morgan fingerprint density at radius 1 is 1.40 bits per heavy atom. The van der Waals surface area contributed by atoms with Crippen molar-refractivity contribution in [3.05, 3.63) is 52.6 Å². The highest BCUT2D eigenvalue weighted by Crippen LogP contribution is 2.20. The van der Waals surface area contributed by atoms with Gasteiger partial charge in [-0.25, -0.2) is 14.5 Å². The smallest absolute Gasteiger partial charge is 0.363 e. The van der Waals surface area contributed by atoms with Crippen LogP contribution in [0.2, 0.25) is 0 Å². The van der Waals surface area contributed by atoms with E-state index >= 15 is 0 Å². The maximum Gasteiger partial charge on any atom is 0.363 e. The summed E-state index contributed by atoms with van der Waals surface area (Å²) in [7, 11) is 0. The van der Waals surface area contributed by atoms with E-state index in [-0.39, 0.29) is 0 Å². The lowest BCUT2D eigenvalue weighted by atomic mass is 10.4. The molecule has 9 heteroatoms. The molecule has 0 fully saturated rings. The van der Waals surface area contributed by atoms with E-state index in [0.29, 0.717) is 11.5 Å². The van der Waals surface area contributed by atoms with Crippen LogP contribution in [-0.2, 0) is 0 Å². The molecule has 0 aliphatic heterocycles. The summed E-state index contributed by atoms with van der Waals surface area (Å²) in [6.07, 6.45) is 4.28. The zero-order valence-electron chi connectivity index (χ0n) is 9.87. The fraction of sp³-hybridized carbons (Fsp3) is 0. The van der Waals surface area contributed by atoms with Crippen molar-refractivity contribution in [2.45, 2.75) is 0 Å². The van der Waals surface area contributed by atoms with Crippen LogP contribution in [-0.4, -0.2) is 35.2 Å². The minimum atomic E-state index is -1.45. The van der Waals surface area contributed by atoms with E-state index in [1.165, 1.54) is 0 Å². The first-order valence-corrected chi connectivity index (χ1v) is 5.48. The number of nitrogens with zero attached hydrogens (tertiary/aromatic N) is 5. The Morgan fingerprint density at radius 2 is 2.20 bits per heavy atom. The topological polar surface area (TPSA) is 116 Å². The van der Waals surface area contributed by atoms with Crippen LogP contribution in [0.5, 0.6) is 0 Å². The van der Waals surface area contributed by atoms with Crippen LogP contribution >= 0.6 is 0 Å². The first-order valence-electron chi connectivity index (χ1n) is 5.48. The highest BCUT2D eigenvalue weighted by Gasteiger charge is 2.26. The van der Waals surface area contributed by atoms with E-state index in [4.69, 9.17) is 5.11 Å². The highest BCUT2D eigenvalue weighted by molar-refractivity contribution is 5.89. The average molecular weight is 273 g/mol. The molecule has 1 N–H and O–H groups in total. The number of hydrogen-bond donors (Lipinski definition) is 1. The second-order valence-electron chi connectivity index (χ2n) is 3.91. The molecule has 3 heterocycles. The second-order valence-corrected chi connectivity index (χ2v) is 3.91. The van der Waals surface area contributed by atoms with Gasteiger partial charge in [0.1, 0.15) is 17.7 Å². The number of aromatic nitrogens is 4. The number of carboxylic acid groups (broad SMARTS) is 1. The van der Waals surface area contributed by atoms with Gasteiger partial charge in [0.25, 0.3) is 0 Å². The summed E-state index contributed by atoms with van der Waals surface area (Å²) in [6, 6.07) is 5.10. The Bertz CT molecular complexity index is 803. The minimum Gasteiger partial charge on any atom is -0.476 e. The molecule has 9 nitrogen and oxygen atoms in total. The van der Waals surface area contributed by atoms with Crippen LogP contribution in [0.25, 0.3) is 11.5 Å². The number of pyridine rings is 1. The number of fused-ring (bicyclic) bond motifs is 1. The van der Waals surface area contributed by atoms with E-state index in [1.54, 1.807) is 35.0 Å². The second kappa shape index (κ2) is 4.16. The zero-order chi connectivity index (χ0) is 14.3. The fourth-order valence-corrected chi connectivity index (χ4v) is 1.89. The molecule has 0 saturated heterocycles. The van der Waals surface area contributed by atoms with E-state index in [0.717, 1.165) is 10.9 Å². The predicted molar refractivity (Wildman–Crippen MR) is 65.9 cm³/mol. The Labute approximate surface area is 110 Å². The van der Waals surface area contributed by atoms with Gasteiger partial charge in [-0.05, 0) is 12.1 Å². The zero-order valence-corrected chi connectivity index (χ0v) is 9.87. The summed E-state index contributed by atoms with van der Waals surface area (Å²) in [4.78, 5) is 25.1. The number of carboxylic acids is 1. The van der Waals surface area contributed by atoms with Crippen LogP contribution in [0.3, 0.4) is 0 Å². The van der Waals surface area contributed by atoms with E-state index < -0.39 is 22.3 Å². The summed E-state index contributed by atoms with van der Waals surface area (Å²) in [5.41, 5.74) is -0.542. The quantitative estimate of drug-likeness (QED) is 0.564. The number of rotatable bonds is 3. The molecule has 0 aliphatic rings. The molecule has 0 spiro atoms. The Kier molecular flexibility index (Phi) is 2.46. The van der Waals surface area contributed by atoms with E-state index in [1.807, 2.05) is 0 Å². The third kappa shape index (κ3) is 1.68. The van der Waals surface area contributed by atoms with Crippen LogP contribution < -0.4 is 0 Å². The fourth-order valence-electron chi connectivity index (χ4n) is 1.89. The molecular weight excluding hydrogens is 266 g/mol. The third-order valence-electron chi connectivity index (χ3n) is 2.74. The third-order valence-corrected chi connectivity index (χ3v) is 2.74. The standard InChI is InChI=1S/C11H7N5O4/c17-11(18)10-7(16(19)20)6-15(13-10)9-3-1-2-8-12-4-5-14(8)9/h1-6H,(H,17,18).